The summed E-state index contributed by atoms with van der Waals surface area (Å²) in [6.07, 6.45) is 2.34. The monoisotopic (exact) mass is 297 g/mol. The van der Waals surface area contributed by atoms with Crippen molar-refractivity contribution in [3.05, 3.63) is 71.0 Å². The molecular weight excluding hydrogens is 277 g/mol. The molecule has 0 N–H and O–H groups in total. The van der Waals surface area contributed by atoms with Crippen LogP contribution in [-0.2, 0) is 23.2 Å². The molecule has 0 bridgehead atoms. The first-order valence-corrected chi connectivity index (χ1v) is 7.61. The quantitative estimate of drug-likeness (QED) is 0.789. The van der Waals surface area contributed by atoms with Crippen LogP contribution >= 0.6 is 0 Å². The van der Waals surface area contributed by atoms with Gasteiger partial charge in [0.15, 0.2) is 0 Å². The van der Waals surface area contributed by atoms with Gasteiger partial charge in [-0.1, -0.05) is 42.5 Å². The van der Waals surface area contributed by atoms with Gasteiger partial charge in [-0.3, -0.25) is 0 Å². The fraction of sp³-hybridized carbons (Fsp3) is 0.316. The van der Waals surface area contributed by atoms with E-state index in [0.717, 1.165) is 18.4 Å². The highest BCUT2D eigenvalue weighted by Crippen LogP contribution is 2.39. The van der Waals surface area contributed by atoms with Crippen molar-refractivity contribution in [1.29, 1.82) is 0 Å². The standard InChI is InChI=1S/C19H20FNO/c1-21(12-15-6-3-2-4-7-15)13-19(14-22)11-10-16-17(19)8-5-9-18(16)20/h2-9,14H,10-13H2,1H3. The third-order valence-electron chi connectivity index (χ3n) is 4.55. The van der Waals surface area contributed by atoms with E-state index >= 15 is 0 Å². The first-order chi connectivity index (χ1) is 10.6. The molecule has 3 rings (SSSR count). The van der Waals surface area contributed by atoms with Crippen molar-refractivity contribution in [2.45, 2.75) is 24.8 Å². The smallest absolute Gasteiger partial charge is 0.131 e. The van der Waals surface area contributed by atoms with Crippen LogP contribution in [0.1, 0.15) is 23.1 Å². The van der Waals surface area contributed by atoms with Gasteiger partial charge < -0.3 is 9.69 Å². The maximum Gasteiger partial charge on any atom is 0.131 e. The van der Waals surface area contributed by atoms with Gasteiger partial charge in [-0.05, 0) is 42.6 Å². The van der Waals surface area contributed by atoms with Crippen molar-refractivity contribution in [2.75, 3.05) is 13.6 Å². The van der Waals surface area contributed by atoms with E-state index in [0.29, 0.717) is 24.9 Å². The number of hydrogen-bond acceptors (Lipinski definition) is 2. The Bertz CT molecular complexity index is 670. The molecule has 1 atom stereocenters. The van der Waals surface area contributed by atoms with Crippen LogP contribution in [0, 0.1) is 5.82 Å². The largest absolute Gasteiger partial charge is 0.302 e. The number of likely N-dealkylation sites (N-methyl/N-ethyl adjacent to an activating group) is 1. The van der Waals surface area contributed by atoms with E-state index in [9.17, 15) is 9.18 Å². The number of fused-ring (bicyclic) bond motifs is 1. The Labute approximate surface area is 130 Å². The van der Waals surface area contributed by atoms with Crippen LogP contribution in [0.3, 0.4) is 0 Å². The van der Waals surface area contributed by atoms with Crippen LogP contribution in [0.25, 0.3) is 0 Å². The fourth-order valence-electron chi connectivity index (χ4n) is 3.52. The van der Waals surface area contributed by atoms with Crippen molar-refractivity contribution < 1.29 is 9.18 Å². The number of benzene rings is 2. The Kier molecular flexibility index (Phi) is 4.08. The summed E-state index contributed by atoms with van der Waals surface area (Å²) in [5.74, 6) is -0.188. The van der Waals surface area contributed by atoms with Crippen molar-refractivity contribution >= 4 is 6.29 Å². The molecule has 1 unspecified atom stereocenters. The lowest BCUT2D eigenvalue weighted by molar-refractivity contribution is -0.113. The highest BCUT2D eigenvalue weighted by Gasteiger charge is 2.40. The minimum Gasteiger partial charge on any atom is -0.302 e. The van der Waals surface area contributed by atoms with Gasteiger partial charge in [0.25, 0.3) is 0 Å². The first-order valence-electron chi connectivity index (χ1n) is 7.61. The Morgan fingerprint density at radius 2 is 1.95 bits per heavy atom. The van der Waals surface area contributed by atoms with Gasteiger partial charge in [-0.15, -0.1) is 0 Å². The summed E-state index contributed by atoms with van der Waals surface area (Å²) in [5, 5.41) is 0. The molecule has 0 radical (unpaired) electrons. The van der Waals surface area contributed by atoms with Gasteiger partial charge in [0.05, 0.1) is 5.41 Å². The van der Waals surface area contributed by atoms with Crippen LogP contribution in [-0.4, -0.2) is 24.8 Å². The average molecular weight is 297 g/mol. The van der Waals surface area contributed by atoms with Crippen LogP contribution in [0.15, 0.2) is 48.5 Å². The number of hydrogen-bond donors (Lipinski definition) is 0. The third kappa shape index (κ3) is 2.69. The Hall–Kier alpha value is -2.00. The number of rotatable bonds is 5. The summed E-state index contributed by atoms with van der Waals surface area (Å²) in [6, 6.07) is 15.3. The molecule has 2 nitrogen and oxygen atoms in total. The summed E-state index contributed by atoms with van der Waals surface area (Å²) in [5.41, 5.74) is 2.20. The molecule has 0 aliphatic heterocycles. The number of nitrogens with zero attached hydrogens (tertiary/aromatic N) is 1. The van der Waals surface area contributed by atoms with E-state index in [2.05, 4.69) is 17.0 Å². The molecule has 0 aromatic heterocycles. The molecule has 0 saturated carbocycles. The zero-order chi connectivity index (χ0) is 15.6. The highest BCUT2D eigenvalue weighted by molar-refractivity contribution is 5.72. The van der Waals surface area contributed by atoms with Crippen molar-refractivity contribution in [3.63, 3.8) is 0 Å². The molecule has 0 spiro atoms. The Morgan fingerprint density at radius 1 is 1.18 bits per heavy atom. The van der Waals surface area contributed by atoms with E-state index in [4.69, 9.17) is 0 Å². The lowest BCUT2D eigenvalue weighted by Gasteiger charge is -2.29. The van der Waals surface area contributed by atoms with Crippen LogP contribution in [0.4, 0.5) is 4.39 Å². The van der Waals surface area contributed by atoms with Crippen LogP contribution in [0.5, 0.6) is 0 Å². The van der Waals surface area contributed by atoms with Crippen molar-refractivity contribution in [2.24, 2.45) is 0 Å². The summed E-state index contributed by atoms with van der Waals surface area (Å²) in [4.78, 5) is 14.0. The van der Waals surface area contributed by atoms with E-state index in [1.165, 1.54) is 11.6 Å². The molecule has 0 heterocycles. The van der Waals surface area contributed by atoms with Gasteiger partial charge >= 0.3 is 0 Å². The molecular formula is C19H20FNO. The van der Waals surface area contributed by atoms with E-state index < -0.39 is 5.41 Å². The number of aldehydes is 1. The molecule has 0 fully saturated rings. The fourth-order valence-corrected chi connectivity index (χ4v) is 3.52. The topological polar surface area (TPSA) is 20.3 Å². The van der Waals surface area contributed by atoms with Gasteiger partial charge in [0, 0.05) is 13.1 Å². The minimum atomic E-state index is -0.582. The molecule has 1 aliphatic carbocycles. The van der Waals surface area contributed by atoms with E-state index in [1.807, 2.05) is 31.3 Å². The molecule has 22 heavy (non-hydrogen) atoms. The SMILES string of the molecule is CN(Cc1ccccc1)CC1(C=O)CCc2c(F)cccc21. The van der Waals surface area contributed by atoms with Crippen molar-refractivity contribution in [3.8, 4) is 0 Å². The average Bonchev–Trinajstić information content (AvgIpc) is 2.89. The van der Waals surface area contributed by atoms with Crippen LogP contribution in [0.2, 0.25) is 0 Å². The molecule has 0 amide bonds. The molecule has 1 aliphatic rings. The second-order valence-electron chi connectivity index (χ2n) is 6.20. The van der Waals surface area contributed by atoms with E-state index in [1.54, 1.807) is 6.07 Å². The Morgan fingerprint density at radius 3 is 2.68 bits per heavy atom. The van der Waals surface area contributed by atoms with Crippen LogP contribution < -0.4 is 0 Å². The number of carbonyl (C=O) groups is 1. The number of halogens is 1. The first kappa shape index (κ1) is 14.9. The van der Waals surface area contributed by atoms with Gasteiger partial charge in [-0.2, -0.15) is 0 Å². The summed E-state index contributed by atoms with van der Waals surface area (Å²) >= 11 is 0. The molecule has 2 aromatic carbocycles. The highest BCUT2D eigenvalue weighted by atomic mass is 19.1. The molecule has 0 saturated heterocycles. The molecule has 114 valence electrons. The van der Waals surface area contributed by atoms with Gasteiger partial charge in [0.2, 0.25) is 0 Å². The normalized spacial score (nSPS) is 20.1. The lowest BCUT2D eigenvalue weighted by atomic mass is 9.83. The zero-order valence-corrected chi connectivity index (χ0v) is 12.8. The Balaban J connectivity index is 1.81. The molecule has 3 heteroatoms. The second-order valence-corrected chi connectivity index (χ2v) is 6.20. The maximum atomic E-state index is 13.9. The maximum absolute atomic E-state index is 13.9. The zero-order valence-electron chi connectivity index (χ0n) is 12.8. The number of carbonyl (C=O) groups excluding carboxylic acids is 1. The van der Waals surface area contributed by atoms with Gasteiger partial charge in [-0.25, -0.2) is 4.39 Å². The predicted molar refractivity (Wildman–Crippen MR) is 85.2 cm³/mol. The van der Waals surface area contributed by atoms with E-state index in [-0.39, 0.29) is 5.82 Å². The minimum absolute atomic E-state index is 0.188. The summed E-state index contributed by atoms with van der Waals surface area (Å²) in [7, 11) is 2.01. The van der Waals surface area contributed by atoms with Gasteiger partial charge in [0.1, 0.15) is 12.1 Å². The summed E-state index contributed by atoms with van der Waals surface area (Å²) in [6.45, 7) is 1.39. The molecule has 2 aromatic rings. The second kappa shape index (κ2) is 6.01. The predicted octanol–water partition coefficient (Wildman–Crippen LogP) is 3.34. The summed E-state index contributed by atoms with van der Waals surface area (Å²) < 4.78 is 13.9. The van der Waals surface area contributed by atoms with Crippen molar-refractivity contribution in [1.82, 2.24) is 4.90 Å². The third-order valence-corrected chi connectivity index (χ3v) is 4.55. The lowest BCUT2D eigenvalue weighted by Crippen LogP contribution is -2.38.